The zero-order valence-corrected chi connectivity index (χ0v) is 8.60. The number of hydrogen-bond donors (Lipinski definition) is 2. The number of benzene rings is 1. The van der Waals surface area contributed by atoms with Crippen LogP contribution < -0.4 is 4.74 Å². The van der Waals surface area contributed by atoms with Crippen LogP contribution in [0.4, 0.5) is 4.79 Å². The van der Waals surface area contributed by atoms with Crippen LogP contribution in [0.2, 0.25) is 5.15 Å². The van der Waals surface area contributed by atoms with Crippen LogP contribution in [0.15, 0.2) is 24.3 Å². The Hall–Kier alpha value is -2.01. The van der Waals surface area contributed by atoms with Crippen molar-refractivity contribution in [2.24, 2.45) is 0 Å². The Kier molecular flexibility index (Phi) is 2.54. The highest BCUT2D eigenvalue weighted by atomic mass is 35.5. The topological polar surface area (TPSA) is 79.7 Å². The van der Waals surface area contributed by atoms with Gasteiger partial charge in [0.1, 0.15) is 5.15 Å². The minimum Gasteiger partial charge on any atom is -0.503 e. The Morgan fingerprint density at radius 1 is 1.31 bits per heavy atom. The number of fused-ring (bicyclic) bond motifs is 1. The van der Waals surface area contributed by atoms with Crippen LogP contribution in [-0.2, 0) is 0 Å². The summed E-state index contributed by atoms with van der Waals surface area (Å²) < 4.78 is 4.31. The number of pyridine rings is 1. The minimum absolute atomic E-state index is 0.0738. The Morgan fingerprint density at radius 3 is 2.56 bits per heavy atom. The van der Waals surface area contributed by atoms with Gasteiger partial charge in [-0.2, -0.15) is 4.98 Å². The van der Waals surface area contributed by atoms with Crippen molar-refractivity contribution < 1.29 is 19.7 Å². The van der Waals surface area contributed by atoms with Gasteiger partial charge in [-0.1, -0.05) is 35.9 Å². The first-order chi connectivity index (χ1) is 7.59. The number of aromatic hydroxyl groups is 1. The van der Waals surface area contributed by atoms with Crippen molar-refractivity contribution >= 4 is 28.5 Å². The molecule has 0 saturated heterocycles. The molecule has 16 heavy (non-hydrogen) atoms. The molecule has 0 unspecified atom stereocenters. The Balaban J connectivity index is 2.70. The van der Waals surface area contributed by atoms with Gasteiger partial charge in [0.25, 0.3) is 5.88 Å². The lowest BCUT2D eigenvalue weighted by molar-refractivity contribution is 0.141. The minimum atomic E-state index is -1.56. The SMILES string of the molecule is O=C(O)Oc1nc(Cl)c2ccccc2c1O. The fraction of sp³-hybridized carbons (Fsp3) is 0. The molecule has 5 nitrogen and oxygen atoms in total. The van der Waals surface area contributed by atoms with Crippen LogP contribution >= 0.6 is 11.6 Å². The van der Waals surface area contributed by atoms with E-state index >= 15 is 0 Å². The van der Waals surface area contributed by atoms with Gasteiger partial charge in [0.05, 0.1) is 0 Å². The third-order valence-electron chi connectivity index (χ3n) is 1.99. The van der Waals surface area contributed by atoms with Crippen molar-refractivity contribution in [2.75, 3.05) is 0 Å². The predicted molar refractivity (Wildman–Crippen MR) is 57.1 cm³/mol. The smallest absolute Gasteiger partial charge is 0.503 e. The quantitative estimate of drug-likeness (QED) is 0.591. The van der Waals surface area contributed by atoms with Crippen LogP contribution in [0.1, 0.15) is 0 Å². The summed E-state index contributed by atoms with van der Waals surface area (Å²) in [5.41, 5.74) is 0. The fourth-order valence-electron chi connectivity index (χ4n) is 1.34. The lowest BCUT2D eigenvalue weighted by Gasteiger charge is -2.06. The molecule has 1 aromatic heterocycles. The van der Waals surface area contributed by atoms with E-state index in [4.69, 9.17) is 16.7 Å². The molecule has 0 radical (unpaired) electrons. The highest BCUT2D eigenvalue weighted by molar-refractivity contribution is 6.34. The van der Waals surface area contributed by atoms with Crippen molar-refractivity contribution in [3.05, 3.63) is 29.4 Å². The molecule has 0 aliphatic heterocycles. The van der Waals surface area contributed by atoms with E-state index in [1.165, 1.54) is 0 Å². The van der Waals surface area contributed by atoms with Crippen molar-refractivity contribution in [1.82, 2.24) is 4.98 Å². The summed E-state index contributed by atoms with van der Waals surface area (Å²) in [5.74, 6) is -0.765. The van der Waals surface area contributed by atoms with E-state index in [1.807, 2.05) is 0 Å². The highest BCUT2D eigenvalue weighted by Gasteiger charge is 2.15. The van der Waals surface area contributed by atoms with Gasteiger partial charge in [0.2, 0.25) is 0 Å². The van der Waals surface area contributed by atoms with Crippen LogP contribution in [0.5, 0.6) is 11.6 Å². The number of hydrogen-bond acceptors (Lipinski definition) is 4. The molecule has 0 aliphatic rings. The Morgan fingerprint density at radius 2 is 1.94 bits per heavy atom. The molecule has 2 rings (SSSR count). The maximum absolute atomic E-state index is 10.4. The fourth-order valence-corrected chi connectivity index (χ4v) is 1.58. The van der Waals surface area contributed by atoms with E-state index in [9.17, 15) is 9.90 Å². The van der Waals surface area contributed by atoms with Gasteiger partial charge in [-0.3, -0.25) is 0 Å². The molecular formula is C10H6ClNO4. The van der Waals surface area contributed by atoms with Gasteiger partial charge >= 0.3 is 6.16 Å². The second-order valence-electron chi connectivity index (χ2n) is 2.97. The van der Waals surface area contributed by atoms with Crippen LogP contribution in [-0.4, -0.2) is 21.4 Å². The maximum Gasteiger partial charge on any atom is 0.512 e. The highest BCUT2D eigenvalue weighted by Crippen LogP contribution is 2.36. The molecule has 0 atom stereocenters. The largest absolute Gasteiger partial charge is 0.512 e. The van der Waals surface area contributed by atoms with Gasteiger partial charge in [-0.05, 0) is 0 Å². The molecule has 0 amide bonds. The van der Waals surface area contributed by atoms with E-state index in [2.05, 4.69) is 9.72 Å². The van der Waals surface area contributed by atoms with E-state index < -0.39 is 12.0 Å². The number of rotatable bonds is 1. The monoisotopic (exact) mass is 239 g/mol. The summed E-state index contributed by atoms with van der Waals surface area (Å²) in [6.45, 7) is 0. The molecule has 82 valence electrons. The Labute approximate surface area is 94.9 Å². The van der Waals surface area contributed by atoms with Crippen LogP contribution in [0, 0.1) is 0 Å². The van der Waals surface area contributed by atoms with Gasteiger partial charge in [0, 0.05) is 10.8 Å². The molecule has 0 spiro atoms. The summed E-state index contributed by atoms with van der Waals surface area (Å²) >= 11 is 5.82. The van der Waals surface area contributed by atoms with Gasteiger partial charge in [-0.15, -0.1) is 0 Å². The third-order valence-corrected chi connectivity index (χ3v) is 2.28. The summed E-state index contributed by atoms with van der Waals surface area (Å²) in [6, 6.07) is 6.66. The molecule has 0 bridgehead atoms. The maximum atomic E-state index is 10.4. The predicted octanol–water partition coefficient (Wildman–Crippen LogP) is 2.65. The van der Waals surface area contributed by atoms with Crippen molar-refractivity contribution in [2.45, 2.75) is 0 Å². The molecule has 6 heteroatoms. The first-order valence-electron chi connectivity index (χ1n) is 4.27. The van der Waals surface area contributed by atoms with Crippen LogP contribution in [0.25, 0.3) is 10.8 Å². The lowest BCUT2D eigenvalue weighted by atomic mass is 10.1. The summed E-state index contributed by atoms with van der Waals surface area (Å²) in [7, 11) is 0. The van der Waals surface area contributed by atoms with Gasteiger partial charge < -0.3 is 14.9 Å². The third kappa shape index (κ3) is 1.72. The van der Waals surface area contributed by atoms with E-state index in [0.717, 1.165) is 0 Å². The number of ether oxygens (including phenoxy) is 1. The summed E-state index contributed by atoms with van der Waals surface area (Å²) in [4.78, 5) is 14.0. The molecule has 1 heterocycles. The van der Waals surface area contributed by atoms with E-state index in [1.54, 1.807) is 24.3 Å². The van der Waals surface area contributed by atoms with Gasteiger partial charge in [-0.25, -0.2) is 4.79 Å². The average Bonchev–Trinajstić information content (AvgIpc) is 2.25. The number of carboxylic acid groups (broad SMARTS) is 1. The zero-order valence-electron chi connectivity index (χ0n) is 7.85. The molecule has 2 N–H and O–H groups in total. The van der Waals surface area contributed by atoms with Crippen molar-refractivity contribution in [3.8, 4) is 11.6 Å². The lowest BCUT2D eigenvalue weighted by Crippen LogP contribution is -2.05. The average molecular weight is 240 g/mol. The first-order valence-corrected chi connectivity index (χ1v) is 4.65. The molecule has 2 aromatic rings. The molecule has 1 aromatic carbocycles. The number of halogens is 1. The van der Waals surface area contributed by atoms with E-state index in [0.29, 0.717) is 10.8 Å². The van der Waals surface area contributed by atoms with Crippen molar-refractivity contribution in [1.29, 1.82) is 0 Å². The number of carbonyl (C=O) groups is 1. The number of aromatic nitrogens is 1. The summed E-state index contributed by atoms with van der Waals surface area (Å²) in [6.07, 6.45) is -1.56. The number of nitrogens with zero attached hydrogens (tertiary/aromatic N) is 1. The Bertz CT molecular complexity index is 570. The van der Waals surface area contributed by atoms with Gasteiger partial charge in [0.15, 0.2) is 5.75 Å². The zero-order chi connectivity index (χ0) is 11.7. The summed E-state index contributed by atoms with van der Waals surface area (Å²) in [5, 5.41) is 19.1. The molecular weight excluding hydrogens is 234 g/mol. The van der Waals surface area contributed by atoms with Crippen LogP contribution in [0.3, 0.4) is 0 Å². The first kappa shape index (κ1) is 10.5. The van der Waals surface area contributed by atoms with E-state index in [-0.39, 0.29) is 10.9 Å². The second-order valence-corrected chi connectivity index (χ2v) is 3.33. The van der Waals surface area contributed by atoms with Crippen molar-refractivity contribution in [3.63, 3.8) is 0 Å². The normalized spacial score (nSPS) is 10.3. The second kappa shape index (κ2) is 3.86. The molecule has 0 aliphatic carbocycles. The molecule has 0 fully saturated rings. The standard InChI is InChI=1S/C10H6ClNO4/c11-8-6-4-2-1-3-5(6)7(13)9(12-8)16-10(14)15/h1-4,13H,(H,14,15). The molecule has 0 saturated carbocycles.